The lowest BCUT2D eigenvalue weighted by molar-refractivity contribution is 0.103. The molecule has 4 heteroatoms. The van der Waals surface area contributed by atoms with Crippen molar-refractivity contribution in [3.63, 3.8) is 0 Å². The molecule has 0 spiro atoms. The SMILES string of the molecule is O=C(C1=C(Br)N1)c1ccc(Cl)cc1. The maximum atomic E-state index is 11.5. The molecule has 1 N–H and O–H groups in total. The Morgan fingerprint density at radius 2 is 1.85 bits per heavy atom. The van der Waals surface area contributed by atoms with Crippen molar-refractivity contribution < 1.29 is 4.79 Å². The van der Waals surface area contributed by atoms with Gasteiger partial charge in [-0.3, -0.25) is 4.79 Å². The average Bonchev–Trinajstić information content (AvgIpc) is 2.83. The minimum atomic E-state index is -0.0106. The van der Waals surface area contributed by atoms with Gasteiger partial charge in [0, 0.05) is 10.6 Å². The molecule has 1 aromatic rings. The summed E-state index contributed by atoms with van der Waals surface area (Å²) >= 11 is 8.87. The number of halogens is 2. The van der Waals surface area contributed by atoms with Crippen LogP contribution in [0.15, 0.2) is 34.6 Å². The highest BCUT2D eigenvalue weighted by molar-refractivity contribution is 9.12. The van der Waals surface area contributed by atoms with Gasteiger partial charge >= 0.3 is 0 Å². The summed E-state index contributed by atoms with van der Waals surface area (Å²) in [5, 5.41) is 3.44. The minimum absolute atomic E-state index is 0.0106. The van der Waals surface area contributed by atoms with E-state index in [-0.39, 0.29) is 5.78 Å². The Bertz CT molecular complexity index is 397. The van der Waals surface area contributed by atoms with Crippen molar-refractivity contribution in [2.75, 3.05) is 0 Å². The Hall–Kier alpha value is -0.800. The predicted octanol–water partition coefficient (Wildman–Crippen LogP) is 2.69. The third-order valence-corrected chi connectivity index (χ3v) is 2.57. The largest absolute Gasteiger partial charge is 0.343 e. The zero-order chi connectivity index (χ0) is 9.42. The first-order valence-corrected chi connectivity index (χ1v) is 4.82. The molecule has 0 unspecified atom stereocenters. The van der Waals surface area contributed by atoms with E-state index in [9.17, 15) is 4.79 Å². The van der Waals surface area contributed by atoms with Crippen LogP contribution >= 0.6 is 27.5 Å². The molecular weight excluding hydrogens is 253 g/mol. The van der Waals surface area contributed by atoms with Gasteiger partial charge in [-0.15, -0.1) is 0 Å². The van der Waals surface area contributed by atoms with Gasteiger partial charge in [0.25, 0.3) is 0 Å². The highest BCUT2D eigenvalue weighted by atomic mass is 79.9. The Morgan fingerprint density at radius 3 is 2.31 bits per heavy atom. The molecule has 1 aromatic carbocycles. The normalized spacial score (nSPS) is 14.0. The molecule has 0 bridgehead atoms. The van der Waals surface area contributed by atoms with Crippen molar-refractivity contribution >= 4 is 33.3 Å². The van der Waals surface area contributed by atoms with Gasteiger partial charge in [-0.2, -0.15) is 0 Å². The summed E-state index contributed by atoms with van der Waals surface area (Å²) in [5.41, 5.74) is 1.27. The van der Waals surface area contributed by atoms with E-state index in [4.69, 9.17) is 11.6 Å². The highest BCUT2D eigenvalue weighted by Crippen LogP contribution is 2.25. The summed E-state index contributed by atoms with van der Waals surface area (Å²) in [6.45, 7) is 0. The Morgan fingerprint density at radius 1 is 1.31 bits per heavy atom. The van der Waals surface area contributed by atoms with Crippen LogP contribution in [0.1, 0.15) is 10.4 Å². The van der Waals surface area contributed by atoms with Crippen LogP contribution in [0.4, 0.5) is 0 Å². The third kappa shape index (κ3) is 1.76. The second-order valence-electron chi connectivity index (χ2n) is 2.65. The average molecular weight is 259 g/mol. The molecule has 2 nitrogen and oxygen atoms in total. The molecule has 0 saturated heterocycles. The smallest absolute Gasteiger partial charge is 0.211 e. The van der Waals surface area contributed by atoms with Crippen LogP contribution in [0.2, 0.25) is 5.02 Å². The molecule has 0 amide bonds. The minimum Gasteiger partial charge on any atom is -0.343 e. The molecule has 2 rings (SSSR count). The lowest BCUT2D eigenvalue weighted by atomic mass is 10.1. The third-order valence-electron chi connectivity index (χ3n) is 1.73. The Balaban J connectivity index is 2.27. The van der Waals surface area contributed by atoms with E-state index in [1.807, 2.05) is 0 Å². The molecule has 0 radical (unpaired) electrons. The molecule has 0 aliphatic carbocycles. The molecule has 0 atom stereocenters. The van der Waals surface area contributed by atoms with Crippen LogP contribution in [-0.2, 0) is 0 Å². The van der Waals surface area contributed by atoms with E-state index in [0.29, 0.717) is 16.3 Å². The highest BCUT2D eigenvalue weighted by Gasteiger charge is 2.26. The van der Waals surface area contributed by atoms with Crippen molar-refractivity contribution in [3.05, 3.63) is 45.2 Å². The number of ketones is 1. The molecule has 0 saturated carbocycles. The van der Waals surface area contributed by atoms with Gasteiger partial charge in [0.05, 0.1) is 0 Å². The molecule has 0 aromatic heterocycles. The first-order valence-electron chi connectivity index (χ1n) is 3.65. The molecule has 1 aliphatic rings. The first-order chi connectivity index (χ1) is 6.18. The van der Waals surface area contributed by atoms with Gasteiger partial charge in [-0.25, -0.2) is 0 Å². The van der Waals surface area contributed by atoms with Crippen molar-refractivity contribution in [1.82, 2.24) is 5.32 Å². The van der Waals surface area contributed by atoms with Crippen LogP contribution in [0.5, 0.6) is 0 Å². The van der Waals surface area contributed by atoms with Crippen molar-refractivity contribution in [2.24, 2.45) is 0 Å². The van der Waals surface area contributed by atoms with E-state index in [2.05, 4.69) is 21.2 Å². The molecule has 0 fully saturated rings. The van der Waals surface area contributed by atoms with Crippen LogP contribution in [0.25, 0.3) is 0 Å². The van der Waals surface area contributed by atoms with Crippen LogP contribution in [-0.4, -0.2) is 5.78 Å². The monoisotopic (exact) mass is 257 g/mol. The van der Waals surface area contributed by atoms with Crippen LogP contribution in [0, 0.1) is 0 Å². The Labute approximate surface area is 88.7 Å². The van der Waals surface area contributed by atoms with Crippen molar-refractivity contribution in [1.29, 1.82) is 0 Å². The van der Waals surface area contributed by atoms with Gasteiger partial charge in [0.1, 0.15) is 10.3 Å². The zero-order valence-corrected chi connectivity index (χ0v) is 8.82. The number of hydrogen-bond acceptors (Lipinski definition) is 2. The van der Waals surface area contributed by atoms with Crippen molar-refractivity contribution in [3.8, 4) is 0 Å². The predicted molar refractivity (Wildman–Crippen MR) is 54.9 cm³/mol. The number of carbonyl (C=O) groups is 1. The number of allylic oxidation sites excluding steroid dienone is 1. The second kappa shape index (κ2) is 3.16. The summed E-state index contributed by atoms with van der Waals surface area (Å²) in [6.07, 6.45) is 0. The number of rotatable bonds is 2. The summed E-state index contributed by atoms with van der Waals surface area (Å²) in [6, 6.07) is 6.81. The van der Waals surface area contributed by atoms with Crippen LogP contribution < -0.4 is 5.32 Å². The molecule has 1 aliphatic heterocycles. The summed E-state index contributed by atoms with van der Waals surface area (Å²) < 4.78 is 0.771. The molecular formula is C9H5BrClNO. The number of benzene rings is 1. The standard InChI is InChI=1S/C9H5BrClNO/c10-9-7(12-9)8(13)5-1-3-6(11)4-2-5/h1-4,12H. The number of carbonyl (C=O) groups excluding carboxylic acids is 1. The maximum absolute atomic E-state index is 11.5. The van der Waals surface area contributed by atoms with E-state index >= 15 is 0 Å². The number of Topliss-reactive ketones (excluding diaryl/α,β-unsaturated/α-hetero) is 1. The molecule has 1 heterocycles. The van der Waals surface area contributed by atoms with Gasteiger partial charge in [0.2, 0.25) is 5.78 Å². The second-order valence-corrected chi connectivity index (χ2v) is 3.88. The van der Waals surface area contributed by atoms with E-state index in [1.165, 1.54) is 0 Å². The summed E-state index contributed by atoms with van der Waals surface area (Å²) in [4.78, 5) is 11.5. The lowest BCUT2D eigenvalue weighted by Crippen LogP contribution is -1.99. The topological polar surface area (TPSA) is 39.0 Å². The van der Waals surface area contributed by atoms with Gasteiger partial charge in [-0.1, -0.05) is 11.6 Å². The van der Waals surface area contributed by atoms with Gasteiger partial charge in [-0.05, 0) is 40.2 Å². The number of hydrogen-bond donors (Lipinski definition) is 1. The fourth-order valence-electron chi connectivity index (χ4n) is 0.981. The zero-order valence-electron chi connectivity index (χ0n) is 6.47. The lowest BCUT2D eigenvalue weighted by Gasteiger charge is -1.94. The molecule has 66 valence electrons. The fourth-order valence-corrected chi connectivity index (χ4v) is 1.48. The summed E-state index contributed by atoms with van der Waals surface area (Å²) in [7, 11) is 0. The van der Waals surface area contributed by atoms with Crippen LogP contribution in [0.3, 0.4) is 0 Å². The van der Waals surface area contributed by atoms with Crippen molar-refractivity contribution in [2.45, 2.75) is 0 Å². The van der Waals surface area contributed by atoms with E-state index in [0.717, 1.165) is 4.61 Å². The maximum Gasteiger partial charge on any atom is 0.211 e. The summed E-state index contributed by atoms with van der Waals surface area (Å²) in [5.74, 6) is -0.0106. The quantitative estimate of drug-likeness (QED) is 0.654. The van der Waals surface area contributed by atoms with Gasteiger partial charge < -0.3 is 5.32 Å². The van der Waals surface area contributed by atoms with Gasteiger partial charge in [0.15, 0.2) is 0 Å². The number of nitrogens with one attached hydrogen (secondary N) is 1. The molecule has 13 heavy (non-hydrogen) atoms. The Kier molecular flexibility index (Phi) is 2.14. The van der Waals surface area contributed by atoms with E-state index in [1.54, 1.807) is 24.3 Å². The van der Waals surface area contributed by atoms with E-state index < -0.39 is 0 Å². The fraction of sp³-hybridized carbons (Fsp3) is 0. The first kappa shape index (κ1) is 8.78.